The SMILES string of the molecule is Nc1ccc(S(=O)(=O)Nc2cccc(Cl)c2)c(Br)c1. The van der Waals surface area contributed by atoms with Crippen molar-refractivity contribution in [1.29, 1.82) is 0 Å². The predicted octanol–water partition coefficient (Wildman–Crippen LogP) is 3.49. The van der Waals surface area contributed by atoms with E-state index in [9.17, 15) is 8.42 Å². The Labute approximate surface area is 124 Å². The first-order valence-corrected chi connectivity index (χ1v) is 7.87. The zero-order chi connectivity index (χ0) is 14.0. The van der Waals surface area contributed by atoms with Gasteiger partial charge in [0.1, 0.15) is 4.90 Å². The van der Waals surface area contributed by atoms with Crippen molar-refractivity contribution in [1.82, 2.24) is 0 Å². The van der Waals surface area contributed by atoms with E-state index >= 15 is 0 Å². The normalized spacial score (nSPS) is 11.3. The summed E-state index contributed by atoms with van der Waals surface area (Å²) in [5, 5.41) is 0.455. The number of rotatable bonds is 3. The highest BCUT2D eigenvalue weighted by molar-refractivity contribution is 9.10. The molecule has 0 amide bonds. The summed E-state index contributed by atoms with van der Waals surface area (Å²) in [7, 11) is -3.69. The second kappa shape index (κ2) is 5.40. The van der Waals surface area contributed by atoms with Crippen LogP contribution in [0.3, 0.4) is 0 Å². The summed E-state index contributed by atoms with van der Waals surface area (Å²) < 4.78 is 27.3. The monoisotopic (exact) mass is 360 g/mol. The molecule has 2 rings (SSSR count). The van der Waals surface area contributed by atoms with Crippen LogP contribution in [-0.4, -0.2) is 8.42 Å². The summed E-state index contributed by atoms with van der Waals surface area (Å²) in [5.41, 5.74) is 6.46. The van der Waals surface area contributed by atoms with Gasteiger partial charge in [0.15, 0.2) is 0 Å². The predicted molar refractivity (Wildman–Crippen MR) is 80.8 cm³/mol. The standard InChI is InChI=1S/C12H10BrClN2O2S/c13-11-7-9(15)4-5-12(11)19(17,18)16-10-3-1-2-8(14)6-10/h1-7,16H,15H2. The lowest BCUT2D eigenvalue weighted by atomic mass is 10.3. The summed E-state index contributed by atoms with van der Waals surface area (Å²) in [6.07, 6.45) is 0. The fourth-order valence-corrected chi connectivity index (χ4v) is 3.83. The molecule has 2 aromatic rings. The van der Waals surface area contributed by atoms with Crippen LogP contribution >= 0.6 is 27.5 Å². The van der Waals surface area contributed by atoms with Crippen LogP contribution in [0.25, 0.3) is 0 Å². The van der Waals surface area contributed by atoms with Crippen molar-refractivity contribution in [2.75, 3.05) is 10.5 Å². The van der Waals surface area contributed by atoms with E-state index in [1.54, 1.807) is 18.2 Å². The van der Waals surface area contributed by atoms with Crippen LogP contribution in [0.15, 0.2) is 51.8 Å². The lowest BCUT2D eigenvalue weighted by Crippen LogP contribution is -2.13. The van der Waals surface area contributed by atoms with E-state index in [1.807, 2.05) is 0 Å². The molecule has 3 N–H and O–H groups in total. The van der Waals surface area contributed by atoms with Crippen molar-refractivity contribution >= 4 is 48.9 Å². The minimum Gasteiger partial charge on any atom is -0.399 e. The minimum atomic E-state index is -3.69. The molecule has 0 saturated heterocycles. The van der Waals surface area contributed by atoms with Gasteiger partial charge < -0.3 is 5.73 Å². The van der Waals surface area contributed by atoms with Gasteiger partial charge >= 0.3 is 0 Å². The molecule has 7 heteroatoms. The van der Waals surface area contributed by atoms with Crippen LogP contribution in [-0.2, 0) is 10.0 Å². The van der Waals surface area contributed by atoms with Gasteiger partial charge in [-0.3, -0.25) is 4.72 Å². The lowest BCUT2D eigenvalue weighted by molar-refractivity contribution is 0.601. The lowest BCUT2D eigenvalue weighted by Gasteiger charge is -2.10. The van der Waals surface area contributed by atoms with Crippen molar-refractivity contribution in [2.45, 2.75) is 4.90 Å². The smallest absolute Gasteiger partial charge is 0.263 e. The first-order valence-electron chi connectivity index (χ1n) is 5.22. The average molecular weight is 362 g/mol. The Morgan fingerprint density at radius 1 is 1.16 bits per heavy atom. The van der Waals surface area contributed by atoms with Gasteiger partial charge in [-0.1, -0.05) is 17.7 Å². The summed E-state index contributed by atoms with van der Waals surface area (Å²) in [6, 6.07) is 11.0. The van der Waals surface area contributed by atoms with Crippen molar-refractivity contribution < 1.29 is 8.42 Å². The van der Waals surface area contributed by atoms with Crippen molar-refractivity contribution in [3.05, 3.63) is 52.0 Å². The molecule has 0 aliphatic heterocycles. The Hall–Kier alpha value is -1.24. The molecule has 0 aromatic heterocycles. The largest absolute Gasteiger partial charge is 0.399 e. The topological polar surface area (TPSA) is 72.2 Å². The van der Waals surface area contributed by atoms with Crippen LogP contribution in [0.2, 0.25) is 5.02 Å². The highest BCUT2D eigenvalue weighted by atomic mass is 79.9. The molecule has 0 radical (unpaired) electrons. The molecule has 0 atom stereocenters. The highest BCUT2D eigenvalue weighted by Crippen LogP contribution is 2.26. The zero-order valence-corrected chi connectivity index (χ0v) is 12.8. The number of sulfonamides is 1. The van der Waals surface area contributed by atoms with Gasteiger partial charge in [0.05, 0.1) is 5.69 Å². The molecule has 0 fully saturated rings. The van der Waals surface area contributed by atoms with Crippen molar-refractivity contribution in [2.24, 2.45) is 0 Å². The van der Waals surface area contributed by atoms with Gasteiger partial charge in [0.2, 0.25) is 0 Å². The fraction of sp³-hybridized carbons (Fsp3) is 0. The van der Waals surface area contributed by atoms with Crippen molar-refractivity contribution in [3.63, 3.8) is 0 Å². The van der Waals surface area contributed by atoms with Crippen LogP contribution < -0.4 is 10.5 Å². The first kappa shape index (κ1) is 14.2. The molecule has 0 spiro atoms. The summed E-state index contributed by atoms with van der Waals surface area (Å²) >= 11 is 9.00. The fourth-order valence-electron chi connectivity index (χ4n) is 1.50. The molecule has 100 valence electrons. The molecule has 0 aliphatic rings. The maximum Gasteiger partial charge on any atom is 0.263 e. The number of hydrogen-bond donors (Lipinski definition) is 2. The van der Waals surface area contributed by atoms with Crippen LogP contribution in [0.1, 0.15) is 0 Å². The number of nitrogen functional groups attached to an aromatic ring is 1. The summed E-state index contributed by atoms with van der Waals surface area (Å²) in [4.78, 5) is 0.113. The number of nitrogens with two attached hydrogens (primary N) is 1. The number of benzene rings is 2. The minimum absolute atomic E-state index is 0.113. The number of hydrogen-bond acceptors (Lipinski definition) is 3. The third kappa shape index (κ3) is 3.40. The molecule has 0 unspecified atom stereocenters. The molecule has 2 aromatic carbocycles. The maximum absolute atomic E-state index is 12.2. The van der Waals surface area contributed by atoms with Crippen LogP contribution in [0, 0.1) is 0 Å². The Balaban J connectivity index is 2.38. The van der Waals surface area contributed by atoms with Gasteiger partial charge in [0, 0.05) is 15.2 Å². The Bertz CT molecular complexity index is 719. The molecule has 4 nitrogen and oxygen atoms in total. The van der Waals surface area contributed by atoms with Crippen LogP contribution in [0.5, 0.6) is 0 Å². The Morgan fingerprint density at radius 3 is 2.53 bits per heavy atom. The third-order valence-electron chi connectivity index (χ3n) is 2.32. The molecular weight excluding hydrogens is 352 g/mol. The van der Waals surface area contributed by atoms with E-state index in [2.05, 4.69) is 20.7 Å². The van der Waals surface area contributed by atoms with Gasteiger partial charge in [-0.15, -0.1) is 0 Å². The quantitative estimate of drug-likeness (QED) is 0.822. The number of halogens is 2. The number of nitrogens with one attached hydrogen (secondary N) is 1. The van der Waals surface area contributed by atoms with Crippen LogP contribution in [0.4, 0.5) is 11.4 Å². The van der Waals surface area contributed by atoms with Gasteiger partial charge in [-0.05, 0) is 52.3 Å². The van der Waals surface area contributed by atoms with Gasteiger partial charge in [-0.25, -0.2) is 8.42 Å². The van der Waals surface area contributed by atoms with Gasteiger partial charge in [-0.2, -0.15) is 0 Å². The molecule has 0 heterocycles. The van der Waals surface area contributed by atoms with E-state index in [4.69, 9.17) is 17.3 Å². The highest BCUT2D eigenvalue weighted by Gasteiger charge is 2.17. The molecule has 19 heavy (non-hydrogen) atoms. The Kier molecular flexibility index (Phi) is 4.03. The van der Waals surface area contributed by atoms with Crippen molar-refractivity contribution in [3.8, 4) is 0 Å². The summed E-state index contributed by atoms with van der Waals surface area (Å²) in [5.74, 6) is 0. The zero-order valence-electron chi connectivity index (χ0n) is 9.60. The first-order chi connectivity index (χ1) is 8.88. The van der Waals surface area contributed by atoms with E-state index in [-0.39, 0.29) is 4.90 Å². The number of anilines is 2. The maximum atomic E-state index is 12.2. The molecular formula is C12H10BrClN2O2S. The summed E-state index contributed by atoms with van der Waals surface area (Å²) in [6.45, 7) is 0. The van der Waals surface area contributed by atoms with Gasteiger partial charge in [0.25, 0.3) is 10.0 Å². The van der Waals surface area contributed by atoms with E-state index in [1.165, 1.54) is 24.3 Å². The Morgan fingerprint density at radius 2 is 1.89 bits per heavy atom. The average Bonchev–Trinajstić information content (AvgIpc) is 2.27. The molecule has 0 saturated carbocycles. The van der Waals surface area contributed by atoms with E-state index < -0.39 is 10.0 Å². The van der Waals surface area contributed by atoms with E-state index in [0.717, 1.165) is 0 Å². The second-order valence-corrected chi connectivity index (χ2v) is 6.75. The molecule has 0 aliphatic carbocycles. The molecule has 0 bridgehead atoms. The van der Waals surface area contributed by atoms with E-state index in [0.29, 0.717) is 20.9 Å². The third-order valence-corrected chi connectivity index (χ3v) is 4.92. The second-order valence-electron chi connectivity index (χ2n) is 3.81.